The molecule has 35 heavy (non-hydrogen) atoms. The van der Waals surface area contributed by atoms with E-state index in [1.165, 1.54) is 22.5 Å². The molecule has 3 heterocycles. The van der Waals surface area contributed by atoms with Crippen LogP contribution in [-0.4, -0.2) is 61.0 Å². The average Bonchev–Trinajstić information content (AvgIpc) is 3.24. The molecule has 1 aliphatic carbocycles. The number of aromatic nitrogens is 3. The molecule has 1 aliphatic heterocycles. The molecule has 2 aliphatic rings. The number of piperidine rings is 1. The second kappa shape index (κ2) is 9.75. The summed E-state index contributed by atoms with van der Waals surface area (Å²) >= 11 is 6.40. The summed E-state index contributed by atoms with van der Waals surface area (Å²) in [6.07, 6.45) is 6.28. The second-order valence-electron chi connectivity index (χ2n) is 8.81. The minimum absolute atomic E-state index is 0.0838. The summed E-state index contributed by atoms with van der Waals surface area (Å²) in [4.78, 5) is 4.82. The van der Waals surface area contributed by atoms with E-state index in [1.54, 1.807) is 16.8 Å². The van der Waals surface area contributed by atoms with E-state index in [0.29, 0.717) is 47.3 Å². The maximum atomic E-state index is 13.4. The van der Waals surface area contributed by atoms with Gasteiger partial charge in [-0.25, -0.2) is 17.8 Å². The van der Waals surface area contributed by atoms with Crippen LogP contribution >= 0.6 is 11.6 Å². The Morgan fingerprint density at radius 2 is 2.11 bits per heavy atom. The zero-order valence-corrected chi connectivity index (χ0v) is 20.5. The highest BCUT2D eigenvalue weighted by atomic mass is 35.5. The molecule has 180 valence electrons. The molecule has 2 aromatic heterocycles. The van der Waals surface area contributed by atoms with E-state index in [1.807, 2.05) is 24.3 Å². The van der Waals surface area contributed by atoms with Crippen LogP contribution in [-0.2, 0) is 10.0 Å². The van der Waals surface area contributed by atoms with Crippen molar-refractivity contribution in [2.45, 2.75) is 25.4 Å². The fourth-order valence-corrected chi connectivity index (χ4v) is 6.35. The highest BCUT2D eigenvalue weighted by Gasteiger charge is 2.31. The fourth-order valence-electron chi connectivity index (χ4n) is 4.49. The maximum Gasteiger partial charge on any atom is 0.242 e. The van der Waals surface area contributed by atoms with Crippen molar-refractivity contribution in [2.24, 2.45) is 5.92 Å². The number of anilines is 1. The van der Waals surface area contributed by atoms with Gasteiger partial charge in [-0.15, -0.1) is 0 Å². The summed E-state index contributed by atoms with van der Waals surface area (Å²) in [5, 5.41) is 8.34. The van der Waals surface area contributed by atoms with Gasteiger partial charge in [-0.1, -0.05) is 35.9 Å². The molecule has 2 radical (unpaired) electrons. The van der Waals surface area contributed by atoms with Crippen molar-refractivity contribution < 1.29 is 12.8 Å². The number of hydrogen-bond acceptors (Lipinski definition) is 5. The first-order chi connectivity index (χ1) is 16.8. The van der Waals surface area contributed by atoms with Crippen LogP contribution in [0.3, 0.4) is 0 Å². The van der Waals surface area contributed by atoms with E-state index in [0.717, 1.165) is 18.4 Å². The Balaban J connectivity index is 1.36. The molecular weight excluding hydrogens is 488 g/mol. The summed E-state index contributed by atoms with van der Waals surface area (Å²) in [6.45, 7) is 1.37. The van der Waals surface area contributed by atoms with Gasteiger partial charge in [-0.05, 0) is 42.4 Å². The molecule has 1 fully saturated rings. The number of hydrogen-bond donors (Lipinski definition) is 1. The van der Waals surface area contributed by atoms with Crippen LogP contribution in [0.2, 0.25) is 5.02 Å². The van der Waals surface area contributed by atoms with Crippen molar-refractivity contribution >= 4 is 46.4 Å². The predicted molar refractivity (Wildman–Crippen MR) is 137 cm³/mol. The molecular formula is C24H24BClFN5O2S. The van der Waals surface area contributed by atoms with E-state index in [4.69, 9.17) is 19.4 Å². The van der Waals surface area contributed by atoms with Gasteiger partial charge in [0.05, 0.1) is 10.6 Å². The van der Waals surface area contributed by atoms with Crippen LogP contribution in [0.1, 0.15) is 19.3 Å². The number of nitrogens with one attached hydrogen (secondary N) is 1. The van der Waals surface area contributed by atoms with Crippen molar-refractivity contribution in [3.63, 3.8) is 0 Å². The van der Waals surface area contributed by atoms with E-state index in [9.17, 15) is 12.8 Å². The largest absolute Gasteiger partial charge is 0.370 e. The van der Waals surface area contributed by atoms with Gasteiger partial charge in [0.25, 0.3) is 0 Å². The molecule has 2 unspecified atom stereocenters. The van der Waals surface area contributed by atoms with Crippen molar-refractivity contribution in [2.75, 3.05) is 25.0 Å². The number of halogens is 2. The van der Waals surface area contributed by atoms with E-state index < -0.39 is 16.2 Å². The minimum atomic E-state index is -3.65. The number of rotatable bonds is 6. The number of benzene rings is 1. The normalized spacial score (nSPS) is 21.3. The molecule has 5 rings (SSSR count). The Bertz CT molecular complexity index is 1420. The molecule has 0 saturated carbocycles. The van der Waals surface area contributed by atoms with Gasteiger partial charge in [-0.2, -0.15) is 13.9 Å². The summed E-state index contributed by atoms with van der Waals surface area (Å²) in [7, 11) is 2.45. The van der Waals surface area contributed by atoms with Gasteiger partial charge in [0.15, 0.2) is 5.65 Å². The first-order valence-electron chi connectivity index (χ1n) is 11.5. The topological polar surface area (TPSA) is 79.6 Å². The van der Waals surface area contributed by atoms with Gasteiger partial charge in [-0.3, -0.25) is 0 Å². The zero-order valence-electron chi connectivity index (χ0n) is 18.9. The summed E-state index contributed by atoms with van der Waals surface area (Å²) in [5.41, 5.74) is 2.40. The number of fused-ring (bicyclic) bond motifs is 1. The van der Waals surface area contributed by atoms with Gasteiger partial charge < -0.3 is 5.32 Å². The average molecular weight is 512 g/mol. The van der Waals surface area contributed by atoms with Gasteiger partial charge in [0.1, 0.15) is 19.8 Å². The van der Waals surface area contributed by atoms with Crippen LogP contribution in [0.5, 0.6) is 0 Å². The van der Waals surface area contributed by atoms with Crippen LogP contribution < -0.4 is 10.8 Å². The van der Waals surface area contributed by atoms with Crippen LogP contribution in [0.25, 0.3) is 16.9 Å². The fraction of sp³-hybridized carbons (Fsp3) is 0.333. The van der Waals surface area contributed by atoms with E-state index in [2.05, 4.69) is 15.4 Å². The SMILES string of the molecule is [B]c1cnn2c(NCC3CCCN(S(=O)(=O)C4=CCC(F)C=C4)C3)cc(-c3ccccc3Cl)nc12. The molecule has 0 amide bonds. The molecule has 11 heteroatoms. The third kappa shape index (κ3) is 4.87. The molecule has 0 bridgehead atoms. The third-order valence-electron chi connectivity index (χ3n) is 6.35. The standard InChI is InChI=1S/C24H24BClFN5O2S/c25-20-14-29-32-23(12-22(30-24(20)32)19-5-1-2-6-21(19)26)28-13-16-4-3-11-31(15-16)35(33,34)18-9-7-17(27)8-10-18/h1-2,5-7,9-10,12,14,16-17,28H,3-4,8,11,13,15H2. The van der Waals surface area contributed by atoms with Crippen LogP contribution in [0, 0.1) is 5.92 Å². The first-order valence-corrected chi connectivity index (χ1v) is 13.3. The van der Waals surface area contributed by atoms with Gasteiger partial charge in [0, 0.05) is 48.9 Å². The Morgan fingerprint density at radius 3 is 2.89 bits per heavy atom. The lowest BCUT2D eigenvalue weighted by Crippen LogP contribution is -2.42. The molecule has 1 saturated heterocycles. The number of alkyl halides is 1. The minimum Gasteiger partial charge on any atom is -0.370 e. The smallest absolute Gasteiger partial charge is 0.242 e. The second-order valence-corrected chi connectivity index (χ2v) is 11.2. The summed E-state index contributed by atoms with van der Waals surface area (Å²) < 4.78 is 42.7. The molecule has 1 aromatic carbocycles. The lowest BCUT2D eigenvalue weighted by Gasteiger charge is -2.32. The Kier molecular flexibility index (Phi) is 6.70. The molecule has 2 atom stereocenters. The Labute approximate surface area is 210 Å². The number of nitrogens with zero attached hydrogens (tertiary/aromatic N) is 4. The third-order valence-corrected chi connectivity index (χ3v) is 8.59. The highest BCUT2D eigenvalue weighted by Crippen LogP contribution is 2.29. The van der Waals surface area contributed by atoms with Gasteiger partial charge >= 0.3 is 0 Å². The lowest BCUT2D eigenvalue weighted by atomic mass is 9.99. The molecule has 0 spiro atoms. The van der Waals surface area contributed by atoms with Crippen molar-refractivity contribution in [3.05, 3.63) is 64.7 Å². The first kappa shape index (κ1) is 24.0. The lowest BCUT2D eigenvalue weighted by molar-refractivity contribution is 0.277. The quantitative estimate of drug-likeness (QED) is 0.513. The van der Waals surface area contributed by atoms with Gasteiger partial charge in [0.2, 0.25) is 10.0 Å². The number of allylic oxidation sites excluding steroid dienone is 3. The summed E-state index contributed by atoms with van der Waals surface area (Å²) in [5.74, 6) is 0.772. The maximum absolute atomic E-state index is 13.4. The zero-order chi connectivity index (χ0) is 24.6. The van der Waals surface area contributed by atoms with Crippen molar-refractivity contribution in [3.8, 4) is 11.3 Å². The Morgan fingerprint density at radius 1 is 1.29 bits per heavy atom. The molecule has 1 N–H and O–H groups in total. The molecule has 3 aromatic rings. The number of sulfonamides is 1. The van der Waals surface area contributed by atoms with E-state index in [-0.39, 0.29) is 17.2 Å². The molecule has 7 nitrogen and oxygen atoms in total. The van der Waals surface area contributed by atoms with Crippen molar-refractivity contribution in [1.29, 1.82) is 0 Å². The van der Waals surface area contributed by atoms with Crippen molar-refractivity contribution in [1.82, 2.24) is 18.9 Å². The summed E-state index contributed by atoms with van der Waals surface area (Å²) in [6, 6.07) is 9.30. The Hall–Kier alpha value is -2.69. The van der Waals surface area contributed by atoms with E-state index >= 15 is 0 Å². The monoisotopic (exact) mass is 511 g/mol. The van der Waals surface area contributed by atoms with Crippen LogP contribution in [0.4, 0.5) is 10.2 Å². The highest BCUT2D eigenvalue weighted by molar-refractivity contribution is 7.93. The predicted octanol–water partition coefficient (Wildman–Crippen LogP) is 3.48. The van der Waals surface area contributed by atoms with Crippen LogP contribution in [0.15, 0.2) is 59.7 Å².